The number of amides is 1. The zero-order valence-corrected chi connectivity index (χ0v) is 10.1. The Morgan fingerprint density at radius 2 is 2.18 bits per heavy atom. The van der Waals surface area contributed by atoms with Crippen molar-refractivity contribution in [2.45, 2.75) is 13.5 Å². The first-order chi connectivity index (χ1) is 8.15. The lowest BCUT2D eigenvalue weighted by molar-refractivity contribution is 0.0948. The molecule has 0 radical (unpaired) electrons. The van der Waals surface area contributed by atoms with Gasteiger partial charge >= 0.3 is 0 Å². The zero-order valence-electron chi connectivity index (χ0n) is 9.37. The molecule has 0 aliphatic rings. The summed E-state index contributed by atoms with van der Waals surface area (Å²) in [6.45, 7) is 2.24. The number of benzene rings is 1. The third-order valence-corrected chi connectivity index (χ3v) is 2.54. The van der Waals surface area contributed by atoms with Crippen LogP contribution < -0.4 is 5.32 Å². The van der Waals surface area contributed by atoms with Gasteiger partial charge in [0.1, 0.15) is 11.5 Å². The molecule has 0 saturated heterocycles. The normalized spacial score (nSPS) is 10.2. The topological polar surface area (TPSA) is 42.2 Å². The SMILES string of the molecule is Cc1ccc(CNC(=O)c2cccc(Cl)c2)o1. The molecule has 4 heteroatoms. The number of furan rings is 1. The molecule has 1 amide bonds. The maximum Gasteiger partial charge on any atom is 0.251 e. The number of hydrogen-bond donors (Lipinski definition) is 1. The second kappa shape index (κ2) is 5.06. The Labute approximate surface area is 104 Å². The standard InChI is InChI=1S/C13H12ClNO2/c1-9-5-6-12(17-9)8-15-13(16)10-3-2-4-11(14)7-10/h2-7H,8H2,1H3,(H,15,16). The minimum Gasteiger partial charge on any atom is -0.465 e. The lowest BCUT2D eigenvalue weighted by atomic mass is 10.2. The summed E-state index contributed by atoms with van der Waals surface area (Å²) >= 11 is 5.81. The summed E-state index contributed by atoms with van der Waals surface area (Å²) in [7, 11) is 0. The van der Waals surface area contributed by atoms with Crippen LogP contribution in [0.25, 0.3) is 0 Å². The molecule has 1 N–H and O–H groups in total. The first-order valence-electron chi connectivity index (χ1n) is 5.24. The van der Waals surface area contributed by atoms with Crippen molar-refractivity contribution >= 4 is 17.5 Å². The predicted molar refractivity (Wildman–Crippen MR) is 66.1 cm³/mol. The minimum absolute atomic E-state index is 0.165. The van der Waals surface area contributed by atoms with Gasteiger partial charge in [-0.05, 0) is 37.3 Å². The van der Waals surface area contributed by atoms with Crippen LogP contribution in [0.15, 0.2) is 40.8 Å². The number of hydrogen-bond acceptors (Lipinski definition) is 2. The van der Waals surface area contributed by atoms with E-state index in [1.165, 1.54) is 0 Å². The van der Waals surface area contributed by atoms with Gasteiger partial charge in [0.2, 0.25) is 0 Å². The van der Waals surface area contributed by atoms with E-state index in [1.807, 2.05) is 19.1 Å². The fourth-order valence-electron chi connectivity index (χ4n) is 1.48. The van der Waals surface area contributed by atoms with E-state index >= 15 is 0 Å². The molecular formula is C13H12ClNO2. The van der Waals surface area contributed by atoms with Crippen molar-refractivity contribution in [2.24, 2.45) is 0 Å². The molecule has 0 bridgehead atoms. The third-order valence-electron chi connectivity index (χ3n) is 2.31. The van der Waals surface area contributed by atoms with E-state index in [1.54, 1.807) is 24.3 Å². The van der Waals surface area contributed by atoms with Gasteiger partial charge in [0.05, 0.1) is 6.54 Å². The number of carbonyl (C=O) groups is 1. The highest BCUT2D eigenvalue weighted by Gasteiger charge is 2.06. The van der Waals surface area contributed by atoms with Gasteiger partial charge in [0.15, 0.2) is 0 Å². The van der Waals surface area contributed by atoms with Crippen molar-refractivity contribution in [1.29, 1.82) is 0 Å². The molecule has 88 valence electrons. The van der Waals surface area contributed by atoms with Crippen molar-refractivity contribution in [3.05, 3.63) is 58.5 Å². The monoisotopic (exact) mass is 249 g/mol. The largest absolute Gasteiger partial charge is 0.465 e. The molecule has 1 aromatic heterocycles. The second-order valence-electron chi connectivity index (χ2n) is 3.71. The Bertz CT molecular complexity index is 534. The Hall–Kier alpha value is -1.74. The summed E-state index contributed by atoms with van der Waals surface area (Å²) in [6, 6.07) is 10.5. The van der Waals surface area contributed by atoms with Crippen molar-refractivity contribution in [2.75, 3.05) is 0 Å². The quantitative estimate of drug-likeness (QED) is 0.908. The van der Waals surface area contributed by atoms with Gasteiger partial charge in [0, 0.05) is 10.6 Å². The van der Waals surface area contributed by atoms with Crippen molar-refractivity contribution in [1.82, 2.24) is 5.32 Å². The smallest absolute Gasteiger partial charge is 0.251 e. The van der Waals surface area contributed by atoms with E-state index in [-0.39, 0.29) is 5.91 Å². The van der Waals surface area contributed by atoms with E-state index < -0.39 is 0 Å². The summed E-state index contributed by atoms with van der Waals surface area (Å²) in [5.74, 6) is 1.40. The summed E-state index contributed by atoms with van der Waals surface area (Å²) in [6.07, 6.45) is 0. The Balaban J connectivity index is 1.98. The van der Waals surface area contributed by atoms with Crippen molar-refractivity contribution in [3.8, 4) is 0 Å². The van der Waals surface area contributed by atoms with Crippen molar-refractivity contribution < 1.29 is 9.21 Å². The summed E-state index contributed by atoms with van der Waals surface area (Å²) in [5, 5.41) is 3.31. The molecule has 0 unspecified atom stereocenters. The highest BCUT2D eigenvalue weighted by Crippen LogP contribution is 2.11. The first kappa shape index (κ1) is 11.7. The number of carbonyl (C=O) groups excluding carboxylic acids is 1. The second-order valence-corrected chi connectivity index (χ2v) is 4.14. The van der Waals surface area contributed by atoms with Crippen LogP contribution in [0.4, 0.5) is 0 Å². The van der Waals surface area contributed by atoms with E-state index in [0.717, 1.165) is 11.5 Å². The van der Waals surface area contributed by atoms with Gasteiger partial charge in [0.25, 0.3) is 5.91 Å². The molecule has 0 aliphatic carbocycles. The molecule has 1 aromatic carbocycles. The molecule has 17 heavy (non-hydrogen) atoms. The molecule has 0 atom stereocenters. The van der Waals surface area contributed by atoms with Gasteiger partial charge in [-0.1, -0.05) is 17.7 Å². The third kappa shape index (κ3) is 3.11. The lowest BCUT2D eigenvalue weighted by Gasteiger charge is -2.03. The Kier molecular flexibility index (Phi) is 3.49. The Morgan fingerprint density at radius 1 is 1.35 bits per heavy atom. The molecule has 3 nitrogen and oxygen atoms in total. The van der Waals surface area contributed by atoms with Crippen LogP contribution >= 0.6 is 11.6 Å². The molecule has 1 heterocycles. The maximum absolute atomic E-state index is 11.8. The van der Waals surface area contributed by atoms with Crippen LogP contribution in [-0.2, 0) is 6.54 Å². The van der Waals surface area contributed by atoms with Crippen molar-refractivity contribution in [3.63, 3.8) is 0 Å². The van der Waals surface area contributed by atoms with E-state index in [4.69, 9.17) is 16.0 Å². The van der Waals surface area contributed by atoms with Crippen LogP contribution in [0.2, 0.25) is 5.02 Å². The van der Waals surface area contributed by atoms with Gasteiger partial charge in [-0.2, -0.15) is 0 Å². The number of halogens is 1. The van der Waals surface area contributed by atoms with E-state index in [0.29, 0.717) is 17.1 Å². The lowest BCUT2D eigenvalue weighted by Crippen LogP contribution is -2.22. The number of rotatable bonds is 3. The van der Waals surface area contributed by atoms with Gasteiger partial charge in [-0.3, -0.25) is 4.79 Å². The van der Waals surface area contributed by atoms with Crippen LogP contribution in [-0.4, -0.2) is 5.91 Å². The molecule has 0 aliphatic heterocycles. The zero-order chi connectivity index (χ0) is 12.3. The minimum atomic E-state index is -0.165. The summed E-state index contributed by atoms with van der Waals surface area (Å²) in [4.78, 5) is 11.8. The highest BCUT2D eigenvalue weighted by molar-refractivity contribution is 6.30. The number of nitrogens with one attached hydrogen (secondary N) is 1. The molecule has 0 spiro atoms. The molecule has 0 fully saturated rings. The highest BCUT2D eigenvalue weighted by atomic mass is 35.5. The van der Waals surface area contributed by atoms with Gasteiger partial charge in [-0.25, -0.2) is 0 Å². The molecular weight excluding hydrogens is 238 g/mol. The predicted octanol–water partition coefficient (Wildman–Crippen LogP) is 3.17. The van der Waals surface area contributed by atoms with Gasteiger partial charge < -0.3 is 9.73 Å². The Morgan fingerprint density at radius 3 is 2.82 bits per heavy atom. The van der Waals surface area contributed by atoms with Crippen LogP contribution in [0.3, 0.4) is 0 Å². The molecule has 2 aromatic rings. The molecule has 0 saturated carbocycles. The fraction of sp³-hybridized carbons (Fsp3) is 0.154. The average Bonchev–Trinajstić information content (AvgIpc) is 2.72. The summed E-state index contributed by atoms with van der Waals surface area (Å²) < 4.78 is 5.35. The van der Waals surface area contributed by atoms with Crippen LogP contribution in [0.5, 0.6) is 0 Å². The first-order valence-corrected chi connectivity index (χ1v) is 5.62. The van der Waals surface area contributed by atoms with Gasteiger partial charge in [-0.15, -0.1) is 0 Å². The number of aryl methyl sites for hydroxylation is 1. The van der Waals surface area contributed by atoms with Crippen LogP contribution in [0.1, 0.15) is 21.9 Å². The maximum atomic E-state index is 11.8. The van der Waals surface area contributed by atoms with Crippen LogP contribution in [0, 0.1) is 6.92 Å². The van der Waals surface area contributed by atoms with E-state index in [9.17, 15) is 4.79 Å². The summed E-state index contributed by atoms with van der Waals surface area (Å²) in [5.41, 5.74) is 0.542. The fourth-order valence-corrected chi connectivity index (χ4v) is 1.67. The molecule has 2 rings (SSSR count). The average molecular weight is 250 g/mol. The van der Waals surface area contributed by atoms with E-state index in [2.05, 4.69) is 5.32 Å².